The number of nitrogens with one attached hydrogen (secondary N) is 1. The van der Waals surface area contributed by atoms with Gasteiger partial charge in [-0.1, -0.05) is 6.07 Å². The Morgan fingerprint density at radius 3 is 2.86 bits per heavy atom. The molecule has 0 radical (unpaired) electrons. The first kappa shape index (κ1) is 13.7. The quantitative estimate of drug-likeness (QED) is 0.773. The second-order valence-corrected chi connectivity index (χ2v) is 5.69. The van der Waals surface area contributed by atoms with Gasteiger partial charge in [-0.2, -0.15) is 0 Å². The van der Waals surface area contributed by atoms with Crippen molar-refractivity contribution >= 4 is 23.0 Å². The lowest BCUT2D eigenvalue weighted by Gasteiger charge is -2.06. The van der Waals surface area contributed by atoms with Gasteiger partial charge >= 0.3 is 0 Å². The summed E-state index contributed by atoms with van der Waals surface area (Å²) in [5, 5.41) is 4.12. The predicted molar refractivity (Wildman–Crippen MR) is 85.5 cm³/mol. The average Bonchev–Trinajstić information content (AvgIpc) is 2.96. The third kappa shape index (κ3) is 3.24. The van der Waals surface area contributed by atoms with Gasteiger partial charge in [-0.25, -0.2) is 15.0 Å². The summed E-state index contributed by atoms with van der Waals surface area (Å²) in [6.07, 6.45) is 3.59. The molecule has 3 heterocycles. The number of aromatic nitrogens is 3. The largest absolute Gasteiger partial charge is 0.325 e. The first-order valence-corrected chi connectivity index (χ1v) is 7.38. The summed E-state index contributed by atoms with van der Waals surface area (Å²) in [7, 11) is 0. The number of nitrogens with zero attached hydrogens (tertiary/aromatic N) is 3. The molecule has 3 aromatic heterocycles. The Morgan fingerprint density at radius 2 is 2.10 bits per heavy atom. The summed E-state index contributed by atoms with van der Waals surface area (Å²) < 4.78 is 0. The van der Waals surface area contributed by atoms with Crippen LogP contribution in [-0.2, 0) is 6.54 Å². The maximum atomic E-state index is 5.59. The van der Waals surface area contributed by atoms with Crippen LogP contribution in [0.4, 0.5) is 11.6 Å². The third-order valence-corrected chi connectivity index (χ3v) is 3.94. The molecule has 0 atom stereocenters. The molecular weight excluding hydrogens is 282 g/mol. The maximum absolute atomic E-state index is 5.59. The summed E-state index contributed by atoms with van der Waals surface area (Å²) in [6, 6.07) is 9.78. The van der Waals surface area contributed by atoms with E-state index >= 15 is 0 Å². The molecule has 3 N–H and O–H groups in total. The van der Waals surface area contributed by atoms with E-state index in [2.05, 4.69) is 20.3 Å². The fraction of sp³-hybridized carbons (Fsp3) is 0.133. The zero-order chi connectivity index (χ0) is 14.7. The third-order valence-electron chi connectivity index (χ3n) is 2.90. The van der Waals surface area contributed by atoms with E-state index in [9.17, 15) is 0 Å². The number of hydrogen-bond acceptors (Lipinski definition) is 6. The highest BCUT2D eigenvalue weighted by molar-refractivity contribution is 7.15. The van der Waals surface area contributed by atoms with Crippen molar-refractivity contribution in [1.82, 2.24) is 15.0 Å². The average molecular weight is 297 g/mol. The van der Waals surface area contributed by atoms with Gasteiger partial charge in [0, 0.05) is 18.9 Å². The number of nitrogens with two attached hydrogens (primary N) is 1. The van der Waals surface area contributed by atoms with Gasteiger partial charge in [0.15, 0.2) is 0 Å². The van der Waals surface area contributed by atoms with Crippen molar-refractivity contribution in [2.75, 3.05) is 5.32 Å². The van der Waals surface area contributed by atoms with Crippen molar-refractivity contribution in [3.8, 4) is 10.6 Å². The molecule has 0 bridgehead atoms. The highest BCUT2D eigenvalue weighted by Crippen LogP contribution is 2.25. The van der Waals surface area contributed by atoms with Gasteiger partial charge < -0.3 is 11.1 Å². The first-order valence-electron chi connectivity index (χ1n) is 6.56. The number of aryl methyl sites for hydroxylation is 1. The van der Waals surface area contributed by atoms with Gasteiger partial charge in [0.25, 0.3) is 0 Å². The smallest absolute Gasteiger partial charge is 0.132 e. The van der Waals surface area contributed by atoms with E-state index in [0.717, 1.165) is 32.8 Å². The summed E-state index contributed by atoms with van der Waals surface area (Å²) in [4.78, 5) is 14.1. The van der Waals surface area contributed by atoms with Crippen LogP contribution in [0.2, 0.25) is 0 Å². The zero-order valence-electron chi connectivity index (χ0n) is 11.6. The van der Waals surface area contributed by atoms with Gasteiger partial charge in [-0.05, 0) is 36.8 Å². The Bertz CT molecular complexity index is 753. The number of anilines is 2. The molecule has 21 heavy (non-hydrogen) atoms. The Morgan fingerprint density at radius 1 is 1.19 bits per heavy atom. The van der Waals surface area contributed by atoms with Crippen LogP contribution in [0.15, 0.2) is 42.7 Å². The molecule has 5 nitrogen and oxygen atoms in total. The highest BCUT2D eigenvalue weighted by atomic mass is 32.1. The molecule has 0 aliphatic heterocycles. The van der Waals surface area contributed by atoms with Crippen LogP contribution >= 0.6 is 11.3 Å². The monoisotopic (exact) mass is 297 g/mol. The summed E-state index contributed by atoms with van der Waals surface area (Å²) >= 11 is 1.56. The summed E-state index contributed by atoms with van der Waals surface area (Å²) in [5.41, 5.74) is 7.63. The van der Waals surface area contributed by atoms with E-state index in [-0.39, 0.29) is 0 Å². The van der Waals surface area contributed by atoms with Gasteiger partial charge in [0.2, 0.25) is 0 Å². The van der Waals surface area contributed by atoms with E-state index in [0.29, 0.717) is 6.54 Å². The van der Waals surface area contributed by atoms with Crippen molar-refractivity contribution in [2.24, 2.45) is 5.73 Å². The van der Waals surface area contributed by atoms with Crippen molar-refractivity contribution in [1.29, 1.82) is 0 Å². The summed E-state index contributed by atoms with van der Waals surface area (Å²) in [6.45, 7) is 2.48. The molecule has 0 aliphatic rings. The molecule has 0 aliphatic carbocycles. The van der Waals surface area contributed by atoms with Crippen molar-refractivity contribution in [3.05, 3.63) is 53.3 Å². The standard InChI is InChI=1S/C15H15N5S/c1-10-5-6-17-14(7-10)20-13-4-2-3-11(19-13)12-9-18-15(8-16)21-12/h2-7,9H,8,16H2,1H3,(H,17,19,20). The van der Waals surface area contributed by atoms with Gasteiger partial charge in [0.1, 0.15) is 16.6 Å². The minimum absolute atomic E-state index is 0.454. The van der Waals surface area contributed by atoms with Crippen LogP contribution in [0.5, 0.6) is 0 Å². The van der Waals surface area contributed by atoms with Crippen molar-refractivity contribution in [3.63, 3.8) is 0 Å². The van der Waals surface area contributed by atoms with Crippen LogP contribution in [0, 0.1) is 6.92 Å². The second-order valence-electron chi connectivity index (χ2n) is 4.57. The van der Waals surface area contributed by atoms with E-state index < -0.39 is 0 Å². The zero-order valence-corrected chi connectivity index (χ0v) is 12.4. The lowest BCUT2D eigenvalue weighted by atomic mass is 10.3. The van der Waals surface area contributed by atoms with Crippen LogP contribution in [0.1, 0.15) is 10.6 Å². The summed E-state index contributed by atoms with van der Waals surface area (Å²) in [5.74, 6) is 1.54. The normalized spacial score (nSPS) is 10.6. The van der Waals surface area contributed by atoms with Crippen LogP contribution in [-0.4, -0.2) is 15.0 Å². The second kappa shape index (κ2) is 5.99. The fourth-order valence-corrected chi connectivity index (χ4v) is 2.67. The predicted octanol–water partition coefficient (Wildman–Crippen LogP) is 3.11. The van der Waals surface area contributed by atoms with E-state index in [1.807, 2.05) is 43.5 Å². The Kier molecular flexibility index (Phi) is 3.89. The SMILES string of the molecule is Cc1ccnc(Nc2cccc(-c3cnc(CN)s3)n2)c1. The lowest BCUT2D eigenvalue weighted by Crippen LogP contribution is -1.96. The van der Waals surface area contributed by atoms with Gasteiger partial charge in [-0.3, -0.25) is 0 Å². The molecule has 0 unspecified atom stereocenters. The van der Waals surface area contributed by atoms with Gasteiger partial charge in [-0.15, -0.1) is 11.3 Å². The molecule has 0 saturated heterocycles. The number of hydrogen-bond donors (Lipinski definition) is 2. The molecule has 0 spiro atoms. The fourth-order valence-electron chi connectivity index (χ4n) is 1.90. The Hall–Kier alpha value is -2.31. The molecule has 3 aromatic rings. The highest BCUT2D eigenvalue weighted by Gasteiger charge is 2.06. The van der Waals surface area contributed by atoms with E-state index in [1.54, 1.807) is 17.5 Å². The van der Waals surface area contributed by atoms with Crippen LogP contribution < -0.4 is 11.1 Å². The van der Waals surface area contributed by atoms with E-state index in [1.165, 1.54) is 0 Å². The van der Waals surface area contributed by atoms with E-state index in [4.69, 9.17) is 5.73 Å². The topological polar surface area (TPSA) is 76.7 Å². The molecule has 0 amide bonds. The number of thiazole rings is 1. The molecule has 0 aromatic carbocycles. The molecule has 0 saturated carbocycles. The number of pyridine rings is 2. The molecule has 3 rings (SSSR count). The molecule has 6 heteroatoms. The lowest BCUT2D eigenvalue weighted by molar-refractivity contribution is 1.04. The Balaban J connectivity index is 1.86. The van der Waals surface area contributed by atoms with Crippen LogP contribution in [0.25, 0.3) is 10.6 Å². The van der Waals surface area contributed by atoms with Crippen molar-refractivity contribution in [2.45, 2.75) is 13.5 Å². The number of rotatable bonds is 4. The Labute approximate surface area is 126 Å². The molecule has 106 valence electrons. The van der Waals surface area contributed by atoms with Gasteiger partial charge in [0.05, 0.1) is 10.6 Å². The molecule has 0 fully saturated rings. The maximum Gasteiger partial charge on any atom is 0.132 e. The minimum Gasteiger partial charge on any atom is -0.325 e. The van der Waals surface area contributed by atoms with Crippen molar-refractivity contribution < 1.29 is 0 Å². The molecular formula is C15H15N5S. The van der Waals surface area contributed by atoms with Crippen LogP contribution in [0.3, 0.4) is 0 Å². The first-order chi connectivity index (χ1) is 10.2. The minimum atomic E-state index is 0.454.